The highest BCUT2D eigenvalue weighted by Gasteiger charge is 2.32. The van der Waals surface area contributed by atoms with Gasteiger partial charge >= 0.3 is 11.8 Å². The number of hydrogen-bond acceptors (Lipinski definition) is 4. The number of ether oxygens (including phenoxy) is 2. The average Bonchev–Trinajstić information content (AvgIpc) is 2.99. The zero-order valence-corrected chi connectivity index (χ0v) is 13.5. The molecule has 2 atom stereocenters. The van der Waals surface area contributed by atoms with Gasteiger partial charge in [-0.15, -0.1) is 0 Å². The first kappa shape index (κ1) is 15.6. The summed E-state index contributed by atoms with van der Waals surface area (Å²) in [7, 11) is 0. The van der Waals surface area contributed by atoms with E-state index in [4.69, 9.17) is 9.47 Å². The van der Waals surface area contributed by atoms with Crippen LogP contribution in [0.15, 0.2) is 18.2 Å². The van der Waals surface area contributed by atoms with Crippen LogP contribution in [0.4, 0.5) is 0 Å². The summed E-state index contributed by atoms with van der Waals surface area (Å²) in [4.78, 5) is 26.3. The molecule has 0 aliphatic carbocycles. The van der Waals surface area contributed by atoms with Gasteiger partial charge < -0.3 is 19.7 Å². The lowest BCUT2D eigenvalue weighted by atomic mass is 9.97. The van der Waals surface area contributed by atoms with Crippen molar-refractivity contribution >= 4 is 11.8 Å². The van der Waals surface area contributed by atoms with Gasteiger partial charge in [0.05, 0.1) is 0 Å². The molecule has 124 valence electrons. The molecule has 2 aliphatic rings. The van der Waals surface area contributed by atoms with Crippen molar-refractivity contribution in [1.29, 1.82) is 0 Å². The van der Waals surface area contributed by atoms with Crippen LogP contribution in [0.25, 0.3) is 0 Å². The summed E-state index contributed by atoms with van der Waals surface area (Å²) in [5, 5.41) is 2.70. The summed E-state index contributed by atoms with van der Waals surface area (Å²) in [5.41, 5.74) is 0.871. The van der Waals surface area contributed by atoms with Crippen LogP contribution < -0.4 is 14.8 Å². The fourth-order valence-electron chi connectivity index (χ4n) is 3.25. The van der Waals surface area contributed by atoms with Crippen molar-refractivity contribution < 1.29 is 19.1 Å². The van der Waals surface area contributed by atoms with Gasteiger partial charge in [-0.1, -0.05) is 6.07 Å². The molecule has 1 fully saturated rings. The molecule has 2 aliphatic heterocycles. The maximum Gasteiger partial charge on any atom is 0.312 e. The summed E-state index contributed by atoms with van der Waals surface area (Å²) in [6.45, 7) is 4.50. The number of nitrogens with one attached hydrogen (secondary N) is 1. The number of carbonyl (C=O) groups is 2. The van der Waals surface area contributed by atoms with Gasteiger partial charge in [0.2, 0.25) is 6.79 Å². The monoisotopic (exact) mass is 318 g/mol. The molecular formula is C17H22N2O4. The predicted octanol–water partition coefficient (Wildman–Crippen LogP) is 1.82. The van der Waals surface area contributed by atoms with Gasteiger partial charge in [0.25, 0.3) is 0 Å². The second-order valence-electron chi connectivity index (χ2n) is 6.21. The molecule has 6 nitrogen and oxygen atoms in total. The molecule has 1 N–H and O–H groups in total. The molecule has 2 amide bonds. The van der Waals surface area contributed by atoms with E-state index < -0.39 is 11.8 Å². The van der Waals surface area contributed by atoms with Gasteiger partial charge in [-0.2, -0.15) is 0 Å². The zero-order valence-electron chi connectivity index (χ0n) is 13.5. The van der Waals surface area contributed by atoms with Crippen LogP contribution in [0.5, 0.6) is 11.5 Å². The van der Waals surface area contributed by atoms with Crippen molar-refractivity contribution in [2.75, 3.05) is 6.79 Å². The largest absolute Gasteiger partial charge is 0.454 e. The van der Waals surface area contributed by atoms with E-state index in [0.29, 0.717) is 11.5 Å². The van der Waals surface area contributed by atoms with E-state index in [-0.39, 0.29) is 25.4 Å². The third-order valence-corrected chi connectivity index (χ3v) is 4.51. The predicted molar refractivity (Wildman–Crippen MR) is 84.0 cm³/mol. The number of benzene rings is 1. The number of hydrogen-bond donors (Lipinski definition) is 1. The van der Waals surface area contributed by atoms with Gasteiger partial charge in [0, 0.05) is 18.6 Å². The van der Waals surface area contributed by atoms with Crippen molar-refractivity contribution in [3.8, 4) is 11.5 Å². The van der Waals surface area contributed by atoms with Crippen molar-refractivity contribution in [3.05, 3.63) is 23.8 Å². The van der Waals surface area contributed by atoms with Crippen LogP contribution in [0.1, 0.15) is 38.7 Å². The Morgan fingerprint density at radius 1 is 1.17 bits per heavy atom. The summed E-state index contributed by atoms with van der Waals surface area (Å²) < 4.78 is 10.6. The van der Waals surface area contributed by atoms with Crippen LogP contribution in [-0.2, 0) is 16.1 Å². The Labute approximate surface area is 135 Å². The Morgan fingerprint density at radius 3 is 2.61 bits per heavy atom. The Hall–Kier alpha value is -2.24. The molecular weight excluding hydrogens is 296 g/mol. The molecule has 1 aromatic rings. The Bertz CT molecular complexity index is 607. The fourth-order valence-corrected chi connectivity index (χ4v) is 3.25. The maximum absolute atomic E-state index is 12.4. The smallest absolute Gasteiger partial charge is 0.312 e. The number of likely N-dealkylation sites (tertiary alicyclic amines) is 1. The quantitative estimate of drug-likeness (QED) is 0.845. The molecule has 0 bridgehead atoms. The van der Waals surface area contributed by atoms with Gasteiger partial charge in [0.15, 0.2) is 11.5 Å². The maximum atomic E-state index is 12.4. The minimum Gasteiger partial charge on any atom is -0.454 e. The number of nitrogens with zero attached hydrogens (tertiary/aromatic N) is 1. The van der Waals surface area contributed by atoms with E-state index in [1.54, 1.807) is 11.0 Å². The topological polar surface area (TPSA) is 67.9 Å². The van der Waals surface area contributed by atoms with Crippen molar-refractivity contribution in [3.63, 3.8) is 0 Å². The lowest BCUT2D eigenvalue weighted by Gasteiger charge is -2.38. The van der Waals surface area contributed by atoms with Crippen molar-refractivity contribution in [2.45, 2.75) is 51.7 Å². The number of amides is 2. The van der Waals surface area contributed by atoms with Crippen LogP contribution >= 0.6 is 0 Å². The Kier molecular flexibility index (Phi) is 4.41. The molecule has 2 heterocycles. The molecule has 0 saturated carbocycles. The minimum atomic E-state index is -0.553. The first-order valence-corrected chi connectivity index (χ1v) is 8.05. The first-order chi connectivity index (χ1) is 11.1. The highest BCUT2D eigenvalue weighted by Crippen LogP contribution is 2.32. The number of rotatable bonds is 2. The summed E-state index contributed by atoms with van der Waals surface area (Å²) in [6, 6.07) is 5.70. The van der Waals surface area contributed by atoms with Gasteiger partial charge in [0.1, 0.15) is 0 Å². The van der Waals surface area contributed by atoms with Crippen LogP contribution in [0, 0.1) is 0 Å². The molecule has 0 aromatic heterocycles. The minimum absolute atomic E-state index is 0.113. The van der Waals surface area contributed by atoms with Crippen LogP contribution in [0.3, 0.4) is 0 Å². The van der Waals surface area contributed by atoms with Crippen molar-refractivity contribution in [1.82, 2.24) is 10.2 Å². The second-order valence-corrected chi connectivity index (χ2v) is 6.21. The molecule has 1 aromatic carbocycles. The molecule has 23 heavy (non-hydrogen) atoms. The van der Waals surface area contributed by atoms with E-state index >= 15 is 0 Å². The lowest BCUT2D eigenvalue weighted by Crippen LogP contribution is -2.52. The average molecular weight is 318 g/mol. The SMILES string of the molecule is CC1CCCC(C)N1C(=O)C(=O)NCc1ccc2c(c1)OCO2. The second kappa shape index (κ2) is 6.48. The molecule has 6 heteroatoms. The Morgan fingerprint density at radius 2 is 1.87 bits per heavy atom. The van der Waals surface area contributed by atoms with E-state index in [1.165, 1.54) is 0 Å². The number of piperidine rings is 1. The molecule has 1 saturated heterocycles. The normalized spacial score (nSPS) is 22.8. The van der Waals surface area contributed by atoms with E-state index in [9.17, 15) is 9.59 Å². The molecule has 0 radical (unpaired) electrons. The summed E-state index contributed by atoms with van der Waals surface area (Å²) in [5.74, 6) is 0.377. The fraction of sp³-hybridized carbons (Fsp3) is 0.529. The first-order valence-electron chi connectivity index (χ1n) is 8.05. The van der Waals surface area contributed by atoms with Gasteiger partial charge in [-0.3, -0.25) is 9.59 Å². The van der Waals surface area contributed by atoms with E-state index in [2.05, 4.69) is 5.32 Å². The summed E-state index contributed by atoms with van der Waals surface area (Å²) in [6.07, 6.45) is 3.00. The van der Waals surface area contributed by atoms with Crippen LogP contribution in [0.2, 0.25) is 0 Å². The number of carbonyl (C=O) groups excluding carboxylic acids is 2. The lowest BCUT2D eigenvalue weighted by molar-refractivity contribution is -0.150. The third-order valence-electron chi connectivity index (χ3n) is 4.51. The van der Waals surface area contributed by atoms with Crippen LogP contribution in [-0.4, -0.2) is 35.6 Å². The highest BCUT2D eigenvalue weighted by molar-refractivity contribution is 6.35. The molecule has 3 rings (SSSR count). The third kappa shape index (κ3) is 3.25. The van der Waals surface area contributed by atoms with E-state index in [0.717, 1.165) is 24.8 Å². The summed E-state index contributed by atoms with van der Waals surface area (Å²) >= 11 is 0. The van der Waals surface area contributed by atoms with Gasteiger partial charge in [-0.25, -0.2) is 0 Å². The molecule has 0 spiro atoms. The standard InChI is InChI=1S/C17H22N2O4/c1-11-4-3-5-12(2)19(11)17(21)16(20)18-9-13-6-7-14-15(8-13)23-10-22-14/h6-8,11-12H,3-5,9-10H2,1-2H3,(H,18,20). The van der Waals surface area contributed by atoms with Gasteiger partial charge in [-0.05, 0) is 50.8 Å². The Balaban J connectivity index is 1.59. The molecule has 2 unspecified atom stereocenters. The zero-order chi connectivity index (χ0) is 16.4. The van der Waals surface area contributed by atoms with Crippen molar-refractivity contribution in [2.24, 2.45) is 0 Å². The van der Waals surface area contributed by atoms with E-state index in [1.807, 2.05) is 26.0 Å². The highest BCUT2D eigenvalue weighted by atomic mass is 16.7. The number of fused-ring (bicyclic) bond motifs is 1.